The van der Waals surface area contributed by atoms with Crippen LogP contribution in [0.15, 0.2) is 10.9 Å². The highest BCUT2D eigenvalue weighted by Gasteiger charge is 2.42. The van der Waals surface area contributed by atoms with Crippen LogP contribution in [0.4, 0.5) is 20.5 Å². The molecule has 2 aliphatic heterocycles. The first-order valence-electron chi connectivity index (χ1n) is 9.91. The van der Waals surface area contributed by atoms with Crippen molar-refractivity contribution in [3.05, 3.63) is 16.4 Å². The summed E-state index contributed by atoms with van der Waals surface area (Å²) in [7, 11) is 0. The van der Waals surface area contributed by atoms with Crippen molar-refractivity contribution in [2.24, 2.45) is 0 Å². The minimum atomic E-state index is -2.91. The Balaban J connectivity index is 1.98. The van der Waals surface area contributed by atoms with E-state index in [1.54, 1.807) is 4.90 Å². The zero-order valence-electron chi connectivity index (χ0n) is 17.0. The Morgan fingerprint density at radius 3 is 2.79 bits per heavy atom. The van der Waals surface area contributed by atoms with Gasteiger partial charge in [0, 0.05) is 32.6 Å². The predicted molar refractivity (Wildman–Crippen MR) is 104 cm³/mol. The number of hydrogen-bond acceptors (Lipinski definition) is 6. The molecule has 1 aromatic heterocycles. The van der Waals surface area contributed by atoms with E-state index < -0.39 is 12.0 Å². The van der Waals surface area contributed by atoms with E-state index in [0.717, 1.165) is 6.92 Å². The largest absolute Gasteiger partial charge is 0.377 e. The monoisotopic (exact) mass is 400 g/mol. The number of hydrogen-bond donors (Lipinski definition) is 0. The molecule has 0 aromatic carbocycles. The Bertz CT molecular complexity index is 735. The van der Waals surface area contributed by atoms with Crippen molar-refractivity contribution in [2.45, 2.75) is 64.8 Å². The minimum absolute atomic E-state index is 0.000984. The van der Waals surface area contributed by atoms with Crippen molar-refractivity contribution in [3.8, 4) is 0 Å². The summed E-state index contributed by atoms with van der Waals surface area (Å²) in [5, 5.41) is 0. The van der Waals surface area contributed by atoms with Crippen LogP contribution in [0.3, 0.4) is 0 Å². The zero-order chi connectivity index (χ0) is 20.5. The minimum Gasteiger partial charge on any atom is -0.377 e. The summed E-state index contributed by atoms with van der Waals surface area (Å²) in [6.45, 7) is 9.20. The fourth-order valence-corrected chi connectivity index (χ4v) is 3.84. The van der Waals surface area contributed by atoms with E-state index in [0.29, 0.717) is 31.5 Å². The fraction of sp³-hybridized carbons (Fsp3) is 0.789. The normalized spacial score (nSPS) is 23.2. The Morgan fingerprint density at radius 2 is 2.14 bits per heavy atom. The number of alkyl halides is 2. The zero-order valence-corrected chi connectivity index (χ0v) is 17.0. The van der Waals surface area contributed by atoms with Crippen LogP contribution in [0.1, 0.15) is 34.1 Å². The highest BCUT2D eigenvalue weighted by atomic mass is 19.3. The van der Waals surface area contributed by atoms with Crippen LogP contribution in [0.2, 0.25) is 0 Å². The highest BCUT2D eigenvalue weighted by Crippen LogP contribution is 2.33. The lowest BCUT2D eigenvalue weighted by Crippen LogP contribution is -2.54. The molecule has 1 aromatic rings. The number of fused-ring (bicyclic) bond motifs is 1. The summed E-state index contributed by atoms with van der Waals surface area (Å²) in [6, 6.07) is 0.541. The molecule has 3 rings (SSSR count). The van der Waals surface area contributed by atoms with E-state index >= 15 is 0 Å². The number of nitrogens with zero attached hydrogens (tertiary/aromatic N) is 4. The highest BCUT2D eigenvalue weighted by molar-refractivity contribution is 5.47. The number of rotatable bonds is 6. The third-order valence-electron chi connectivity index (χ3n) is 5.26. The maximum atomic E-state index is 14.3. The van der Waals surface area contributed by atoms with Gasteiger partial charge in [-0.1, -0.05) is 0 Å². The molecule has 158 valence electrons. The van der Waals surface area contributed by atoms with Crippen molar-refractivity contribution < 1.29 is 18.3 Å². The Kier molecular flexibility index (Phi) is 6.24. The van der Waals surface area contributed by atoms with E-state index in [9.17, 15) is 13.6 Å². The van der Waals surface area contributed by atoms with Gasteiger partial charge in [0.1, 0.15) is 5.82 Å². The summed E-state index contributed by atoms with van der Waals surface area (Å²) in [6.07, 6.45) is 0.189. The van der Waals surface area contributed by atoms with Gasteiger partial charge in [-0.2, -0.15) is 4.98 Å². The van der Waals surface area contributed by atoms with Gasteiger partial charge in [0.2, 0.25) is 5.95 Å². The molecule has 3 heterocycles. The van der Waals surface area contributed by atoms with E-state index in [2.05, 4.69) is 4.98 Å². The number of aromatic nitrogens is 2. The molecule has 9 heteroatoms. The Hall–Kier alpha value is -1.74. The molecule has 0 radical (unpaired) electrons. The molecule has 0 saturated carbocycles. The molecule has 0 bridgehead atoms. The molecule has 7 nitrogen and oxygen atoms in total. The molecule has 0 unspecified atom stereocenters. The quantitative estimate of drug-likeness (QED) is 0.729. The standard InChI is InChI=1S/C19H30F2N4O3/c1-13(2)28-10-8-24-15(19(4,20)21)5-6-25-17(26)11-16(22-18(24)25)23-7-9-27-12-14(23)3/h11,13-15H,5-10,12H2,1-4H3/t14-,15+/m1/s1. The van der Waals surface area contributed by atoms with Gasteiger partial charge in [-0.25, -0.2) is 8.78 Å². The van der Waals surface area contributed by atoms with Crippen LogP contribution in [-0.4, -0.2) is 66.6 Å². The number of ether oxygens (including phenoxy) is 2. The molecule has 1 fully saturated rings. The van der Waals surface area contributed by atoms with Crippen LogP contribution in [0.5, 0.6) is 0 Å². The van der Waals surface area contributed by atoms with Gasteiger partial charge in [-0.05, 0) is 27.2 Å². The van der Waals surface area contributed by atoms with Crippen molar-refractivity contribution in [2.75, 3.05) is 42.7 Å². The lowest BCUT2D eigenvalue weighted by Gasteiger charge is -2.41. The first-order valence-corrected chi connectivity index (χ1v) is 9.91. The van der Waals surface area contributed by atoms with Crippen LogP contribution in [0.25, 0.3) is 0 Å². The second kappa shape index (κ2) is 8.32. The summed E-state index contributed by atoms with van der Waals surface area (Å²) in [4.78, 5) is 20.9. The molecule has 28 heavy (non-hydrogen) atoms. The molecule has 2 aliphatic rings. The van der Waals surface area contributed by atoms with Gasteiger partial charge in [0.25, 0.3) is 11.5 Å². The van der Waals surface area contributed by atoms with E-state index in [-0.39, 0.29) is 43.8 Å². The van der Waals surface area contributed by atoms with Gasteiger partial charge in [0.15, 0.2) is 0 Å². The lowest BCUT2D eigenvalue weighted by atomic mass is 10.0. The summed E-state index contributed by atoms with van der Waals surface area (Å²) in [5.74, 6) is -2.10. The second-order valence-corrected chi connectivity index (χ2v) is 7.90. The van der Waals surface area contributed by atoms with E-state index in [1.807, 2.05) is 25.7 Å². The van der Waals surface area contributed by atoms with Crippen molar-refractivity contribution >= 4 is 11.8 Å². The first kappa shape index (κ1) is 21.0. The van der Waals surface area contributed by atoms with Crippen molar-refractivity contribution in [1.82, 2.24) is 9.55 Å². The Labute approximate surface area is 164 Å². The van der Waals surface area contributed by atoms with E-state index in [4.69, 9.17) is 9.47 Å². The molecule has 1 saturated heterocycles. The summed E-state index contributed by atoms with van der Waals surface area (Å²) < 4.78 is 41.2. The van der Waals surface area contributed by atoms with Crippen LogP contribution in [0, 0.1) is 0 Å². The first-order chi connectivity index (χ1) is 13.2. The molecule has 0 spiro atoms. The topological polar surface area (TPSA) is 59.8 Å². The van der Waals surface area contributed by atoms with Gasteiger partial charge >= 0.3 is 0 Å². The maximum absolute atomic E-state index is 14.3. The fourth-order valence-electron chi connectivity index (χ4n) is 3.84. The molecule has 0 aliphatic carbocycles. The third kappa shape index (κ3) is 4.46. The lowest BCUT2D eigenvalue weighted by molar-refractivity contribution is -0.0181. The number of halogens is 2. The van der Waals surface area contributed by atoms with E-state index in [1.165, 1.54) is 10.6 Å². The molecular weight excluding hydrogens is 370 g/mol. The second-order valence-electron chi connectivity index (χ2n) is 7.90. The van der Waals surface area contributed by atoms with Crippen molar-refractivity contribution in [3.63, 3.8) is 0 Å². The SMILES string of the molecule is CC(C)OCCN1c2nc(N3CCOC[C@H]3C)cc(=O)n2CC[C@H]1C(C)(F)F. The Morgan fingerprint density at radius 1 is 1.39 bits per heavy atom. The van der Waals surface area contributed by atoms with Crippen LogP contribution < -0.4 is 15.4 Å². The van der Waals surface area contributed by atoms with Crippen LogP contribution in [-0.2, 0) is 16.0 Å². The average Bonchev–Trinajstić information content (AvgIpc) is 2.61. The van der Waals surface area contributed by atoms with Crippen LogP contribution >= 0.6 is 0 Å². The van der Waals surface area contributed by atoms with Gasteiger partial charge in [-0.15, -0.1) is 0 Å². The smallest absolute Gasteiger partial charge is 0.265 e. The molecule has 0 N–H and O–H groups in total. The maximum Gasteiger partial charge on any atom is 0.265 e. The van der Waals surface area contributed by atoms with Gasteiger partial charge in [0.05, 0.1) is 38.0 Å². The summed E-state index contributed by atoms with van der Waals surface area (Å²) in [5.41, 5.74) is -0.216. The predicted octanol–water partition coefficient (Wildman–Crippen LogP) is 2.13. The average molecular weight is 400 g/mol. The number of anilines is 2. The molecular formula is C19H30F2N4O3. The summed E-state index contributed by atoms with van der Waals surface area (Å²) >= 11 is 0. The van der Waals surface area contributed by atoms with Gasteiger partial charge < -0.3 is 19.3 Å². The third-order valence-corrected chi connectivity index (χ3v) is 5.26. The van der Waals surface area contributed by atoms with Gasteiger partial charge in [-0.3, -0.25) is 9.36 Å². The molecule has 2 atom stereocenters. The van der Waals surface area contributed by atoms with Crippen molar-refractivity contribution in [1.29, 1.82) is 0 Å². The number of morpholine rings is 1. The molecule has 0 amide bonds.